The van der Waals surface area contributed by atoms with Crippen molar-refractivity contribution >= 4 is 21.4 Å². The summed E-state index contributed by atoms with van der Waals surface area (Å²) in [7, 11) is -1.56. The number of ether oxygens (including phenoxy) is 1. The minimum absolute atomic E-state index is 0.0119. The predicted molar refractivity (Wildman–Crippen MR) is 100 cm³/mol. The van der Waals surface area contributed by atoms with Crippen LogP contribution in [0.2, 0.25) is 0 Å². The number of hydrogen-bond acceptors (Lipinski definition) is 5. The van der Waals surface area contributed by atoms with Gasteiger partial charge in [0, 0.05) is 23.8 Å². The third kappa shape index (κ3) is 3.22. The van der Waals surface area contributed by atoms with Crippen molar-refractivity contribution in [2.45, 2.75) is 50.2 Å². The number of fused-ring (bicyclic) bond motifs is 1. The number of benzene rings is 1. The van der Waals surface area contributed by atoms with Gasteiger partial charge in [-0.3, -0.25) is 9.69 Å². The second-order valence-corrected chi connectivity index (χ2v) is 9.79. The molecule has 1 saturated carbocycles. The van der Waals surface area contributed by atoms with Crippen molar-refractivity contribution in [3.63, 3.8) is 0 Å². The summed E-state index contributed by atoms with van der Waals surface area (Å²) in [6, 6.07) is 7.26. The lowest BCUT2D eigenvalue weighted by Crippen LogP contribution is -2.64. The molecule has 0 bridgehead atoms. The first-order chi connectivity index (χ1) is 12.5. The van der Waals surface area contributed by atoms with E-state index in [0.29, 0.717) is 18.3 Å². The molecule has 2 atom stereocenters. The monoisotopic (exact) mass is 378 g/mol. The summed E-state index contributed by atoms with van der Waals surface area (Å²) in [6.45, 7) is 0.304. The van der Waals surface area contributed by atoms with E-state index < -0.39 is 9.84 Å². The number of piperazine rings is 1. The topological polar surface area (TPSA) is 66.9 Å². The van der Waals surface area contributed by atoms with Gasteiger partial charge < -0.3 is 9.64 Å². The Morgan fingerprint density at radius 1 is 1.08 bits per heavy atom. The lowest BCUT2D eigenvalue weighted by Gasteiger charge is -2.47. The van der Waals surface area contributed by atoms with Crippen LogP contribution in [0, 0.1) is 0 Å². The fraction of sp³-hybridized carbons (Fsp3) is 0.632. The molecule has 0 aromatic heterocycles. The zero-order valence-electron chi connectivity index (χ0n) is 15.1. The molecule has 4 rings (SSSR count). The molecule has 3 fully saturated rings. The fourth-order valence-corrected chi connectivity index (χ4v) is 6.78. The standard InChI is InChI=1S/C19H26N2O4S/c1-25-16-9-5-8-15(10-16)21-18-13-26(23,24)12-17(18)20(11-19(21)22)14-6-3-2-4-7-14/h5,8-10,14,17-18H,2-4,6-7,11-13H2,1H3/t17-,18+/m1/s1. The summed E-state index contributed by atoms with van der Waals surface area (Å²) < 4.78 is 30.2. The van der Waals surface area contributed by atoms with E-state index in [0.717, 1.165) is 18.5 Å². The van der Waals surface area contributed by atoms with Crippen LogP contribution in [0.5, 0.6) is 5.75 Å². The molecule has 7 heteroatoms. The first kappa shape index (κ1) is 17.8. The minimum atomic E-state index is -3.15. The summed E-state index contributed by atoms with van der Waals surface area (Å²) >= 11 is 0. The van der Waals surface area contributed by atoms with Crippen LogP contribution in [0.25, 0.3) is 0 Å². The van der Waals surface area contributed by atoms with E-state index in [1.807, 2.05) is 24.3 Å². The second kappa shape index (κ2) is 6.85. The van der Waals surface area contributed by atoms with Crippen molar-refractivity contribution in [1.29, 1.82) is 0 Å². The summed E-state index contributed by atoms with van der Waals surface area (Å²) in [5.41, 5.74) is 0.727. The molecule has 6 nitrogen and oxygen atoms in total. The normalized spacial score (nSPS) is 29.6. The molecule has 2 heterocycles. The van der Waals surface area contributed by atoms with Crippen LogP contribution in [0.3, 0.4) is 0 Å². The second-order valence-electron chi connectivity index (χ2n) is 7.64. The highest BCUT2D eigenvalue weighted by atomic mass is 32.2. The number of nitrogens with zero attached hydrogens (tertiary/aromatic N) is 2. The number of carbonyl (C=O) groups is 1. The molecule has 1 aromatic carbocycles. The summed E-state index contributed by atoms with van der Waals surface area (Å²) in [4.78, 5) is 17.0. The first-order valence-corrected chi connectivity index (χ1v) is 11.2. The lowest BCUT2D eigenvalue weighted by molar-refractivity contribution is -0.124. The molecule has 2 saturated heterocycles. The lowest BCUT2D eigenvalue weighted by atomic mass is 9.91. The van der Waals surface area contributed by atoms with Gasteiger partial charge in [0.1, 0.15) is 5.75 Å². The van der Waals surface area contributed by atoms with Gasteiger partial charge in [-0.15, -0.1) is 0 Å². The van der Waals surface area contributed by atoms with Gasteiger partial charge in [0.15, 0.2) is 9.84 Å². The molecule has 0 unspecified atom stereocenters. The van der Waals surface area contributed by atoms with Gasteiger partial charge >= 0.3 is 0 Å². The summed E-state index contributed by atoms with van der Waals surface area (Å²) in [5, 5.41) is 0. The first-order valence-electron chi connectivity index (χ1n) is 9.41. The Hall–Kier alpha value is -1.60. The van der Waals surface area contributed by atoms with Crippen LogP contribution in [-0.4, -0.2) is 62.5 Å². The SMILES string of the molecule is COc1cccc(N2C(=O)CN(C3CCCCC3)[C@@H]3CS(=O)(=O)C[C@@H]32)c1. The Balaban J connectivity index is 1.68. The molecule has 1 aliphatic carbocycles. The van der Waals surface area contributed by atoms with E-state index in [9.17, 15) is 13.2 Å². The molecule has 0 radical (unpaired) electrons. The summed E-state index contributed by atoms with van der Waals surface area (Å²) in [5.74, 6) is 0.857. The van der Waals surface area contributed by atoms with E-state index in [1.165, 1.54) is 19.3 Å². The molecule has 0 N–H and O–H groups in total. The van der Waals surface area contributed by atoms with Crippen LogP contribution >= 0.6 is 0 Å². The van der Waals surface area contributed by atoms with Crippen LogP contribution in [0.4, 0.5) is 5.69 Å². The van der Waals surface area contributed by atoms with Gasteiger partial charge in [-0.1, -0.05) is 25.3 Å². The van der Waals surface area contributed by atoms with Gasteiger partial charge in [-0.2, -0.15) is 0 Å². The molecule has 1 amide bonds. The quantitative estimate of drug-likeness (QED) is 0.803. The fourth-order valence-electron chi connectivity index (χ4n) is 4.82. The van der Waals surface area contributed by atoms with E-state index in [4.69, 9.17) is 4.74 Å². The largest absolute Gasteiger partial charge is 0.497 e. The number of carbonyl (C=O) groups excluding carboxylic acids is 1. The number of sulfone groups is 1. The molecule has 0 spiro atoms. The Labute approximate surface area is 155 Å². The maximum atomic E-state index is 13.0. The Kier molecular flexibility index (Phi) is 4.69. The van der Waals surface area contributed by atoms with Crippen molar-refractivity contribution in [3.05, 3.63) is 24.3 Å². The maximum absolute atomic E-state index is 13.0. The highest BCUT2D eigenvalue weighted by molar-refractivity contribution is 7.91. The number of hydrogen-bond donors (Lipinski definition) is 0. The van der Waals surface area contributed by atoms with Crippen molar-refractivity contribution in [3.8, 4) is 5.75 Å². The van der Waals surface area contributed by atoms with Crippen molar-refractivity contribution in [2.75, 3.05) is 30.1 Å². The molecular weight excluding hydrogens is 352 g/mol. The third-order valence-corrected chi connectivity index (χ3v) is 7.71. The number of methoxy groups -OCH3 is 1. The molecule has 1 aromatic rings. The zero-order valence-corrected chi connectivity index (χ0v) is 16.0. The smallest absolute Gasteiger partial charge is 0.241 e. The zero-order chi connectivity index (χ0) is 18.3. The molecule has 2 aliphatic heterocycles. The molecule has 26 heavy (non-hydrogen) atoms. The van der Waals surface area contributed by atoms with Gasteiger partial charge in [0.2, 0.25) is 5.91 Å². The predicted octanol–water partition coefficient (Wildman–Crippen LogP) is 1.84. The molecule has 142 valence electrons. The van der Waals surface area contributed by atoms with Crippen molar-refractivity contribution in [2.24, 2.45) is 0 Å². The minimum Gasteiger partial charge on any atom is -0.497 e. The molecular formula is C19H26N2O4S. The van der Waals surface area contributed by atoms with E-state index in [2.05, 4.69) is 4.90 Å². The maximum Gasteiger partial charge on any atom is 0.241 e. The average Bonchev–Trinajstić information content (AvgIpc) is 2.96. The number of rotatable bonds is 3. The van der Waals surface area contributed by atoms with Crippen LogP contribution < -0.4 is 9.64 Å². The summed E-state index contributed by atoms with van der Waals surface area (Å²) in [6.07, 6.45) is 5.70. The third-order valence-electron chi connectivity index (χ3n) is 6.01. The van der Waals surface area contributed by atoms with Crippen LogP contribution in [-0.2, 0) is 14.6 Å². The Morgan fingerprint density at radius 2 is 1.81 bits per heavy atom. The Morgan fingerprint density at radius 3 is 2.54 bits per heavy atom. The van der Waals surface area contributed by atoms with Gasteiger partial charge in [0.25, 0.3) is 0 Å². The highest BCUT2D eigenvalue weighted by Crippen LogP contribution is 2.36. The van der Waals surface area contributed by atoms with Gasteiger partial charge in [-0.25, -0.2) is 8.42 Å². The number of amides is 1. The molecule has 3 aliphatic rings. The van der Waals surface area contributed by atoms with Crippen LogP contribution in [0.15, 0.2) is 24.3 Å². The van der Waals surface area contributed by atoms with Crippen molar-refractivity contribution < 1.29 is 17.9 Å². The van der Waals surface area contributed by atoms with E-state index in [1.54, 1.807) is 12.0 Å². The average molecular weight is 378 g/mol. The van der Waals surface area contributed by atoms with E-state index in [-0.39, 0.29) is 29.5 Å². The Bertz CT molecular complexity index is 788. The number of anilines is 1. The highest BCUT2D eigenvalue weighted by Gasteiger charge is 2.51. The van der Waals surface area contributed by atoms with Gasteiger partial charge in [0.05, 0.1) is 31.2 Å². The van der Waals surface area contributed by atoms with Crippen LogP contribution in [0.1, 0.15) is 32.1 Å². The van der Waals surface area contributed by atoms with E-state index >= 15 is 0 Å². The van der Waals surface area contributed by atoms with Crippen molar-refractivity contribution in [1.82, 2.24) is 4.90 Å². The van der Waals surface area contributed by atoms with Gasteiger partial charge in [-0.05, 0) is 25.0 Å².